The number of hydrogen-bond donors (Lipinski definition) is 1. The summed E-state index contributed by atoms with van der Waals surface area (Å²) < 4.78 is 2.14. The SMILES string of the molecule is CCCc1ccc2[nH]c(=S)sc2c1. The molecule has 1 heterocycles. The smallest absolute Gasteiger partial charge is 0.159 e. The van der Waals surface area contributed by atoms with Crippen LogP contribution in [0.3, 0.4) is 0 Å². The predicted octanol–water partition coefficient (Wildman–Crippen LogP) is 3.91. The Balaban J connectivity index is 2.54. The van der Waals surface area contributed by atoms with Gasteiger partial charge in [0.2, 0.25) is 0 Å². The van der Waals surface area contributed by atoms with Crippen molar-refractivity contribution in [1.82, 2.24) is 4.98 Å². The maximum Gasteiger partial charge on any atom is 0.159 e. The van der Waals surface area contributed by atoms with Crippen LogP contribution < -0.4 is 0 Å². The number of fused-ring (bicyclic) bond motifs is 1. The molecule has 0 aliphatic rings. The first kappa shape index (κ1) is 8.91. The molecule has 13 heavy (non-hydrogen) atoms. The second-order valence-corrected chi connectivity index (χ2v) is 4.81. The predicted molar refractivity (Wildman–Crippen MR) is 61.0 cm³/mol. The van der Waals surface area contributed by atoms with Crippen molar-refractivity contribution >= 4 is 33.8 Å². The highest BCUT2D eigenvalue weighted by atomic mass is 32.1. The van der Waals surface area contributed by atoms with Crippen molar-refractivity contribution in [2.24, 2.45) is 0 Å². The van der Waals surface area contributed by atoms with Crippen LogP contribution >= 0.6 is 23.6 Å². The molecular weight excluding hydrogens is 198 g/mol. The van der Waals surface area contributed by atoms with Crippen LogP contribution in [0.15, 0.2) is 18.2 Å². The summed E-state index contributed by atoms with van der Waals surface area (Å²) in [5.74, 6) is 0. The summed E-state index contributed by atoms with van der Waals surface area (Å²) in [6.45, 7) is 2.20. The van der Waals surface area contributed by atoms with Crippen molar-refractivity contribution in [3.05, 3.63) is 27.7 Å². The normalized spacial score (nSPS) is 10.8. The van der Waals surface area contributed by atoms with Crippen molar-refractivity contribution in [1.29, 1.82) is 0 Å². The van der Waals surface area contributed by atoms with Gasteiger partial charge in [0.15, 0.2) is 3.95 Å². The molecule has 3 heteroatoms. The lowest BCUT2D eigenvalue weighted by Crippen LogP contribution is -1.80. The number of rotatable bonds is 2. The number of benzene rings is 1. The minimum atomic E-state index is 0.864. The van der Waals surface area contributed by atoms with Crippen molar-refractivity contribution in [2.45, 2.75) is 19.8 Å². The molecular formula is C10H11NS2. The molecule has 2 rings (SSSR count). The second-order valence-electron chi connectivity index (χ2n) is 3.10. The molecule has 0 saturated carbocycles. The first-order chi connectivity index (χ1) is 6.29. The van der Waals surface area contributed by atoms with E-state index in [1.807, 2.05) is 0 Å². The fraction of sp³-hybridized carbons (Fsp3) is 0.300. The van der Waals surface area contributed by atoms with Crippen LogP contribution in [0.1, 0.15) is 18.9 Å². The van der Waals surface area contributed by atoms with Crippen LogP contribution in [0.2, 0.25) is 0 Å². The van der Waals surface area contributed by atoms with Gasteiger partial charge in [0.05, 0.1) is 10.2 Å². The van der Waals surface area contributed by atoms with Crippen molar-refractivity contribution in [2.75, 3.05) is 0 Å². The fourth-order valence-corrected chi connectivity index (χ4v) is 2.61. The molecule has 1 aromatic heterocycles. The maximum absolute atomic E-state index is 5.08. The van der Waals surface area contributed by atoms with Gasteiger partial charge in [0.1, 0.15) is 0 Å². The third-order valence-electron chi connectivity index (χ3n) is 2.02. The molecule has 0 radical (unpaired) electrons. The zero-order chi connectivity index (χ0) is 9.26. The van der Waals surface area contributed by atoms with Crippen LogP contribution in [0.25, 0.3) is 10.2 Å². The molecule has 0 fully saturated rings. The molecule has 68 valence electrons. The van der Waals surface area contributed by atoms with E-state index in [1.165, 1.54) is 16.7 Å². The maximum atomic E-state index is 5.08. The van der Waals surface area contributed by atoms with Crippen LogP contribution in [0.4, 0.5) is 0 Å². The Labute approximate surface area is 86.4 Å². The summed E-state index contributed by atoms with van der Waals surface area (Å²) in [5.41, 5.74) is 2.56. The summed E-state index contributed by atoms with van der Waals surface area (Å²) in [7, 11) is 0. The van der Waals surface area contributed by atoms with Crippen molar-refractivity contribution < 1.29 is 0 Å². The third kappa shape index (κ3) is 1.81. The van der Waals surface area contributed by atoms with E-state index in [-0.39, 0.29) is 0 Å². The largest absolute Gasteiger partial charge is 0.337 e. The molecule has 0 bridgehead atoms. The Hall–Kier alpha value is -0.670. The highest BCUT2D eigenvalue weighted by Crippen LogP contribution is 2.21. The lowest BCUT2D eigenvalue weighted by molar-refractivity contribution is 0.924. The van der Waals surface area contributed by atoms with E-state index in [2.05, 4.69) is 30.1 Å². The summed E-state index contributed by atoms with van der Waals surface area (Å²) in [6.07, 6.45) is 2.35. The average molecular weight is 209 g/mol. The Morgan fingerprint density at radius 1 is 1.46 bits per heavy atom. The van der Waals surface area contributed by atoms with E-state index < -0.39 is 0 Å². The van der Waals surface area contributed by atoms with Gasteiger partial charge >= 0.3 is 0 Å². The summed E-state index contributed by atoms with van der Waals surface area (Å²) in [6, 6.07) is 6.52. The first-order valence-electron chi connectivity index (χ1n) is 4.41. The van der Waals surface area contributed by atoms with E-state index in [1.54, 1.807) is 11.3 Å². The minimum Gasteiger partial charge on any atom is -0.337 e. The quantitative estimate of drug-likeness (QED) is 0.741. The van der Waals surface area contributed by atoms with Crippen molar-refractivity contribution in [3.63, 3.8) is 0 Å². The van der Waals surface area contributed by atoms with E-state index in [9.17, 15) is 0 Å². The number of H-pyrrole nitrogens is 1. The Bertz CT molecular complexity index is 467. The molecule has 0 unspecified atom stereocenters. The van der Waals surface area contributed by atoms with E-state index >= 15 is 0 Å². The van der Waals surface area contributed by atoms with Gasteiger partial charge in [-0.25, -0.2) is 0 Å². The Morgan fingerprint density at radius 3 is 3.08 bits per heavy atom. The highest BCUT2D eigenvalue weighted by Gasteiger charge is 1.97. The summed E-state index contributed by atoms with van der Waals surface area (Å²) >= 11 is 6.74. The standard InChI is InChI=1S/C10H11NS2/c1-2-3-7-4-5-8-9(6-7)13-10(12)11-8/h4-6H,2-3H2,1H3,(H,11,12). The molecule has 1 N–H and O–H groups in total. The molecule has 0 amide bonds. The van der Waals surface area contributed by atoms with Gasteiger partial charge in [-0.1, -0.05) is 19.4 Å². The first-order valence-corrected chi connectivity index (χ1v) is 5.64. The molecule has 2 aromatic rings. The molecule has 0 atom stereocenters. The Morgan fingerprint density at radius 2 is 2.31 bits per heavy atom. The number of nitrogens with one attached hydrogen (secondary N) is 1. The van der Waals surface area contributed by atoms with Gasteiger partial charge < -0.3 is 4.98 Å². The molecule has 0 aliphatic carbocycles. The van der Waals surface area contributed by atoms with E-state index in [4.69, 9.17) is 12.2 Å². The van der Waals surface area contributed by atoms with Gasteiger partial charge in [-0.15, -0.1) is 11.3 Å². The van der Waals surface area contributed by atoms with Crippen LogP contribution in [-0.2, 0) is 6.42 Å². The molecule has 0 saturated heterocycles. The lowest BCUT2D eigenvalue weighted by atomic mass is 10.1. The van der Waals surface area contributed by atoms with Crippen molar-refractivity contribution in [3.8, 4) is 0 Å². The molecule has 1 nitrogen and oxygen atoms in total. The molecule has 0 spiro atoms. The summed E-state index contributed by atoms with van der Waals surface area (Å²) in [5, 5.41) is 0. The number of aromatic nitrogens is 1. The minimum absolute atomic E-state index is 0.864. The Kier molecular flexibility index (Phi) is 2.47. The van der Waals surface area contributed by atoms with E-state index in [0.717, 1.165) is 15.9 Å². The van der Waals surface area contributed by atoms with Gasteiger partial charge in [0.25, 0.3) is 0 Å². The molecule has 0 aliphatic heterocycles. The van der Waals surface area contributed by atoms with Crippen LogP contribution in [0, 0.1) is 3.95 Å². The van der Waals surface area contributed by atoms with Gasteiger partial charge in [-0.3, -0.25) is 0 Å². The average Bonchev–Trinajstić information content (AvgIpc) is 2.44. The van der Waals surface area contributed by atoms with Crippen LogP contribution in [-0.4, -0.2) is 4.98 Å². The molecule has 1 aromatic carbocycles. The zero-order valence-electron chi connectivity index (χ0n) is 7.46. The van der Waals surface area contributed by atoms with Gasteiger partial charge in [-0.2, -0.15) is 0 Å². The summed E-state index contributed by atoms with van der Waals surface area (Å²) in [4.78, 5) is 3.16. The zero-order valence-corrected chi connectivity index (χ0v) is 9.10. The topological polar surface area (TPSA) is 15.8 Å². The number of aromatic amines is 1. The van der Waals surface area contributed by atoms with Gasteiger partial charge in [-0.05, 0) is 36.3 Å². The monoisotopic (exact) mass is 209 g/mol. The third-order valence-corrected chi connectivity index (χ3v) is 3.22. The van der Waals surface area contributed by atoms with Gasteiger partial charge in [0, 0.05) is 0 Å². The number of aryl methyl sites for hydroxylation is 1. The lowest BCUT2D eigenvalue weighted by Gasteiger charge is -1.96. The fourth-order valence-electron chi connectivity index (χ4n) is 1.43. The van der Waals surface area contributed by atoms with E-state index in [0.29, 0.717) is 0 Å². The highest BCUT2D eigenvalue weighted by molar-refractivity contribution is 7.73. The number of thiazole rings is 1. The number of hydrogen-bond acceptors (Lipinski definition) is 2. The second kappa shape index (κ2) is 3.60. The van der Waals surface area contributed by atoms with Crippen LogP contribution in [0.5, 0.6) is 0 Å².